The zero-order chi connectivity index (χ0) is 14.1. The number of benzene rings is 1. The lowest BCUT2D eigenvalue weighted by atomic mass is 10.2. The molecule has 3 nitrogen and oxygen atoms in total. The number of ether oxygens (including phenoxy) is 2. The molecule has 0 aliphatic rings. The molecule has 0 amide bonds. The van der Waals surface area contributed by atoms with Crippen molar-refractivity contribution in [1.82, 2.24) is 5.32 Å². The minimum Gasteiger partial charge on any atom is -0.493 e. The van der Waals surface area contributed by atoms with Crippen LogP contribution in [-0.2, 0) is 6.54 Å². The van der Waals surface area contributed by atoms with Crippen molar-refractivity contribution in [1.29, 1.82) is 0 Å². The third-order valence-corrected chi connectivity index (χ3v) is 3.14. The van der Waals surface area contributed by atoms with Gasteiger partial charge in [-0.2, -0.15) is 0 Å². The molecule has 0 saturated carbocycles. The summed E-state index contributed by atoms with van der Waals surface area (Å²) in [5.74, 6) is 1.32. The molecule has 0 bridgehead atoms. The Kier molecular flexibility index (Phi) is 10.7. The van der Waals surface area contributed by atoms with E-state index < -0.39 is 0 Å². The van der Waals surface area contributed by atoms with Gasteiger partial charge in [0.15, 0.2) is 11.5 Å². The quantitative estimate of drug-likeness (QED) is 0.681. The van der Waals surface area contributed by atoms with E-state index in [0.717, 1.165) is 18.7 Å². The second-order valence-electron chi connectivity index (χ2n) is 4.43. The second-order valence-corrected chi connectivity index (χ2v) is 4.83. The first-order valence-corrected chi connectivity index (χ1v) is 7.30. The van der Waals surface area contributed by atoms with E-state index in [-0.39, 0.29) is 12.4 Å². The molecule has 0 unspecified atom stereocenters. The van der Waals surface area contributed by atoms with E-state index in [1.165, 1.54) is 19.3 Å². The van der Waals surface area contributed by atoms with E-state index in [0.29, 0.717) is 23.1 Å². The van der Waals surface area contributed by atoms with Crippen molar-refractivity contribution in [3.63, 3.8) is 0 Å². The summed E-state index contributed by atoms with van der Waals surface area (Å²) in [5.41, 5.74) is 1.11. The van der Waals surface area contributed by atoms with Crippen molar-refractivity contribution in [3.8, 4) is 11.5 Å². The molecule has 116 valence electrons. The van der Waals surface area contributed by atoms with Crippen molar-refractivity contribution in [2.45, 2.75) is 39.7 Å². The molecule has 0 aromatic heterocycles. The molecule has 0 heterocycles. The average Bonchev–Trinajstić information content (AvgIpc) is 2.41. The first-order valence-electron chi connectivity index (χ1n) is 6.92. The van der Waals surface area contributed by atoms with Gasteiger partial charge in [-0.3, -0.25) is 0 Å². The van der Waals surface area contributed by atoms with Crippen LogP contribution in [-0.4, -0.2) is 20.3 Å². The van der Waals surface area contributed by atoms with Gasteiger partial charge in [-0.25, -0.2) is 0 Å². The Hall–Kier alpha value is -0.640. The van der Waals surface area contributed by atoms with Gasteiger partial charge in [-0.1, -0.05) is 31.4 Å². The summed E-state index contributed by atoms with van der Waals surface area (Å²) in [6, 6.07) is 3.91. The van der Waals surface area contributed by atoms with Gasteiger partial charge in [0.25, 0.3) is 0 Å². The molecule has 0 aliphatic heterocycles. The maximum atomic E-state index is 6.22. The third-order valence-electron chi connectivity index (χ3n) is 2.86. The van der Waals surface area contributed by atoms with Crippen LogP contribution in [0.25, 0.3) is 0 Å². The van der Waals surface area contributed by atoms with E-state index in [9.17, 15) is 0 Å². The number of rotatable bonds is 9. The van der Waals surface area contributed by atoms with Gasteiger partial charge in [0.2, 0.25) is 0 Å². The molecule has 1 rings (SSSR count). The van der Waals surface area contributed by atoms with Crippen molar-refractivity contribution in [2.24, 2.45) is 0 Å². The van der Waals surface area contributed by atoms with Crippen LogP contribution in [0.1, 0.15) is 38.7 Å². The van der Waals surface area contributed by atoms with Crippen LogP contribution in [0.4, 0.5) is 0 Å². The topological polar surface area (TPSA) is 30.5 Å². The Labute approximate surface area is 133 Å². The highest BCUT2D eigenvalue weighted by Gasteiger charge is 2.11. The van der Waals surface area contributed by atoms with Crippen LogP contribution in [0.3, 0.4) is 0 Å². The van der Waals surface area contributed by atoms with Crippen molar-refractivity contribution in [2.75, 3.05) is 20.3 Å². The fourth-order valence-electron chi connectivity index (χ4n) is 1.89. The molecule has 1 N–H and O–H groups in total. The van der Waals surface area contributed by atoms with Crippen LogP contribution < -0.4 is 14.8 Å². The number of unbranched alkanes of at least 4 members (excludes halogenated alkanes) is 2. The van der Waals surface area contributed by atoms with E-state index in [2.05, 4.69) is 12.2 Å². The average molecular weight is 322 g/mol. The van der Waals surface area contributed by atoms with Gasteiger partial charge in [0, 0.05) is 6.54 Å². The van der Waals surface area contributed by atoms with Gasteiger partial charge < -0.3 is 14.8 Å². The van der Waals surface area contributed by atoms with E-state index >= 15 is 0 Å². The highest BCUT2D eigenvalue weighted by molar-refractivity contribution is 6.32. The fourth-order valence-corrected chi connectivity index (χ4v) is 2.18. The lowest BCUT2D eigenvalue weighted by Gasteiger charge is -2.13. The Morgan fingerprint density at radius 3 is 2.55 bits per heavy atom. The summed E-state index contributed by atoms with van der Waals surface area (Å²) in [5, 5.41) is 4.01. The monoisotopic (exact) mass is 321 g/mol. The van der Waals surface area contributed by atoms with Gasteiger partial charge in [-0.15, -0.1) is 12.4 Å². The highest BCUT2D eigenvalue weighted by atomic mass is 35.5. The molecule has 0 fully saturated rings. The fraction of sp³-hybridized carbons (Fsp3) is 0.600. The second kappa shape index (κ2) is 11.1. The first kappa shape index (κ1) is 19.4. The maximum absolute atomic E-state index is 6.22. The minimum atomic E-state index is 0. The summed E-state index contributed by atoms with van der Waals surface area (Å²) in [6.07, 6.45) is 3.71. The standard InChI is InChI=1S/C15H24ClNO2.ClH/c1-4-6-7-8-17-11-12-9-13(16)15(19-5-2)14(10-12)18-3;/h9-10,17H,4-8,11H2,1-3H3;1H. The van der Waals surface area contributed by atoms with E-state index in [4.69, 9.17) is 21.1 Å². The molecule has 20 heavy (non-hydrogen) atoms. The normalized spacial score (nSPS) is 10.0. The van der Waals surface area contributed by atoms with Crippen LogP contribution in [0.15, 0.2) is 12.1 Å². The zero-order valence-electron chi connectivity index (χ0n) is 12.5. The van der Waals surface area contributed by atoms with Crippen LogP contribution in [0.5, 0.6) is 11.5 Å². The summed E-state index contributed by atoms with van der Waals surface area (Å²) in [7, 11) is 1.63. The molecular weight excluding hydrogens is 297 g/mol. The molecule has 5 heteroatoms. The number of halogens is 2. The Balaban J connectivity index is 0.00000361. The largest absolute Gasteiger partial charge is 0.493 e. The van der Waals surface area contributed by atoms with Gasteiger partial charge in [0.05, 0.1) is 18.7 Å². The smallest absolute Gasteiger partial charge is 0.179 e. The summed E-state index contributed by atoms with van der Waals surface area (Å²) in [4.78, 5) is 0. The van der Waals surface area contributed by atoms with Crippen LogP contribution in [0.2, 0.25) is 5.02 Å². The number of nitrogens with one attached hydrogen (secondary N) is 1. The predicted octanol–water partition coefficient (Wildman–Crippen LogP) is 4.45. The van der Waals surface area contributed by atoms with Crippen molar-refractivity contribution >= 4 is 24.0 Å². The number of methoxy groups -OCH3 is 1. The van der Waals surface area contributed by atoms with Gasteiger partial charge >= 0.3 is 0 Å². The third kappa shape index (κ3) is 6.21. The molecule has 0 saturated heterocycles. The summed E-state index contributed by atoms with van der Waals surface area (Å²) >= 11 is 6.22. The highest BCUT2D eigenvalue weighted by Crippen LogP contribution is 2.36. The van der Waals surface area contributed by atoms with Gasteiger partial charge in [0.1, 0.15) is 0 Å². The summed E-state index contributed by atoms with van der Waals surface area (Å²) in [6.45, 7) is 6.54. The predicted molar refractivity (Wildman–Crippen MR) is 87.7 cm³/mol. The number of hydrogen-bond donors (Lipinski definition) is 1. The van der Waals surface area contributed by atoms with E-state index in [1.54, 1.807) is 7.11 Å². The lowest BCUT2D eigenvalue weighted by molar-refractivity contribution is 0.311. The Morgan fingerprint density at radius 1 is 1.20 bits per heavy atom. The van der Waals surface area contributed by atoms with Crippen molar-refractivity contribution in [3.05, 3.63) is 22.7 Å². The SMILES string of the molecule is CCCCCNCc1cc(Cl)c(OCC)c(OC)c1.Cl. The van der Waals surface area contributed by atoms with E-state index in [1.807, 2.05) is 19.1 Å². The lowest BCUT2D eigenvalue weighted by Crippen LogP contribution is -2.14. The van der Waals surface area contributed by atoms with Crippen LogP contribution in [0, 0.1) is 0 Å². The van der Waals surface area contributed by atoms with Crippen LogP contribution >= 0.6 is 24.0 Å². The summed E-state index contributed by atoms with van der Waals surface area (Å²) < 4.78 is 10.8. The van der Waals surface area contributed by atoms with Crippen molar-refractivity contribution < 1.29 is 9.47 Å². The van der Waals surface area contributed by atoms with Gasteiger partial charge in [-0.05, 0) is 37.6 Å². The molecule has 0 aliphatic carbocycles. The minimum absolute atomic E-state index is 0. The molecule has 0 radical (unpaired) electrons. The Morgan fingerprint density at radius 2 is 1.95 bits per heavy atom. The number of hydrogen-bond acceptors (Lipinski definition) is 3. The maximum Gasteiger partial charge on any atom is 0.179 e. The molecular formula is C15H25Cl2NO2. The molecule has 1 aromatic carbocycles. The molecule has 0 spiro atoms. The molecule has 1 aromatic rings. The molecule has 0 atom stereocenters. The zero-order valence-corrected chi connectivity index (χ0v) is 14.1. The first-order chi connectivity index (χ1) is 9.22. The Bertz CT molecular complexity index is 386.